The lowest BCUT2D eigenvalue weighted by atomic mass is 9.92. The number of alkyl carbamates (subject to hydrolysis) is 1. The average molecular weight is 546 g/mol. The first-order valence-corrected chi connectivity index (χ1v) is 13.8. The highest BCUT2D eigenvalue weighted by atomic mass is 16.6. The van der Waals surface area contributed by atoms with Gasteiger partial charge >= 0.3 is 6.09 Å². The second kappa shape index (κ2) is 12.4. The van der Waals surface area contributed by atoms with Gasteiger partial charge < -0.3 is 25.8 Å². The van der Waals surface area contributed by atoms with E-state index >= 15 is 0 Å². The van der Waals surface area contributed by atoms with Crippen molar-refractivity contribution in [2.24, 2.45) is 0 Å². The number of ether oxygens (including phenoxy) is 1. The van der Waals surface area contributed by atoms with E-state index in [9.17, 15) is 14.7 Å². The number of carbonyl (C=O) groups is 2. The van der Waals surface area contributed by atoms with Crippen LogP contribution in [0.25, 0.3) is 11.3 Å². The Bertz CT molecular complexity index is 1340. The highest BCUT2D eigenvalue weighted by Gasteiger charge is 2.32. The number of hydrogen-bond donors (Lipinski definition) is 3. The van der Waals surface area contributed by atoms with E-state index in [1.54, 1.807) is 31.7 Å². The average Bonchev–Trinajstić information content (AvgIpc) is 2.92. The topological polar surface area (TPSA) is 131 Å². The van der Waals surface area contributed by atoms with E-state index in [0.717, 1.165) is 36.1 Å². The first-order chi connectivity index (χ1) is 19.0. The van der Waals surface area contributed by atoms with Gasteiger partial charge in [-0.2, -0.15) is 0 Å². The maximum absolute atomic E-state index is 13.8. The minimum Gasteiger partial charge on any atom is -0.507 e. The first kappa shape index (κ1) is 28.9. The maximum atomic E-state index is 13.8. The summed E-state index contributed by atoms with van der Waals surface area (Å²) in [4.78, 5) is 37.2. The summed E-state index contributed by atoms with van der Waals surface area (Å²) < 4.78 is 5.46. The summed E-state index contributed by atoms with van der Waals surface area (Å²) in [6, 6.07) is 16.1. The van der Waals surface area contributed by atoms with Crippen LogP contribution >= 0.6 is 0 Å². The molecule has 1 fully saturated rings. The second-order valence-corrected chi connectivity index (χ2v) is 11.3. The lowest BCUT2D eigenvalue weighted by Crippen LogP contribution is -2.52. The molecular formula is C31H39N5O4. The van der Waals surface area contributed by atoms with Gasteiger partial charge in [0.1, 0.15) is 17.4 Å². The Hall–Kier alpha value is -4.14. The number of phenolic OH excluding ortho intramolecular Hbond substituents is 1. The van der Waals surface area contributed by atoms with Crippen LogP contribution in [0, 0.1) is 0 Å². The van der Waals surface area contributed by atoms with Gasteiger partial charge in [0.05, 0.1) is 11.4 Å². The van der Waals surface area contributed by atoms with Crippen LogP contribution in [0.5, 0.6) is 5.75 Å². The standard InChI is InChI=1S/C31H39N5O4/c1-5-20-13-14-27(37)23(16-20)25-18-24(33-29(32)34-25)22-12-9-15-36(19-22)28(38)26(17-21-10-7-6-8-11-21)35-30(39)40-31(2,3)4/h6-8,10-11,13-14,16,18,22,26,37H,5,9,12,15,17,19H2,1-4H3,(H,35,39)(H2,32,33,34)/t22?,26-/m1/s1. The highest BCUT2D eigenvalue weighted by molar-refractivity contribution is 5.86. The molecule has 4 N–H and O–H groups in total. The van der Waals surface area contributed by atoms with Crippen LogP contribution in [0.3, 0.4) is 0 Å². The third-order valence-corrected chi connectivity index (χ3v) is 6.93. The van der Waals surface area contributed by atoms with E-state index in [1.807, 2.05) is 55.5 Å². The third-order valence-electron chi connectivity index (χ3n) is 6.93. The van der Waals surface area contributed by atoms with Crippen molar-refractivity contribution in [1.82, 2.24) is 20.2 Å². The number of aryl methyl sites for hydroxylation is 1. The zero-order chi connectivity index (χ0) is 28.9. The normalized spacial score (nSPS) is 16.3. The van der Waals surface area contributed by atoms with Crippen LogP contribution in [0.1, 0.15) is 63.3 Å². The zero-order valence-electron chi connectivity index (χ0n) is 23.7. The van der Waals surface area contributed by atoms with Crippen LogP contribution in [-0.4, -0.2) is 56.7 Å². The lowest BCUT2D eigenvalue weighted by Gasteiger charge is -2.35. The van der Waals surface area contributed by atoms with Crippen molar-refractivity contribution in [3.05, 3.63) is 71.4 Å². The molecule has 2 atom stereocenters. The fourth-order valence-corrected chi connectivity index (χ4v) is 4.98. The van der Waals surface area contributed by atoms with Crippen LogP contribution in [0.2, 0.25) is 0 Å². The molecule has 40 heavy (non-hydrogen) atoms. The molecule has 0 radical (unpaired) electrons. The van der Waals surface area contributed by atoms with Gasteiger partial charge in [0.15, 0.2) is 0 Å². The Balaban J connectivity index is 1.56. The number of carbonyl (C=O) groups excluding carboxylic acids is 2. The van der Waals surface area contributed by atoms with E-state index in [1.165, 1.54) is 0 Å². The highest BCUT2D eigenvalue weighted by Crippen LogP contribution is 2.33. The molecule has 4 rings (SSSR count). The number of rotatable bonds is 7. The van der Waals surface area contributed by atoms with Crippen LogP contribution < -0.4 is 11.1 Å². The number of nitrogen functional groups attached to an aromatic ring is 1. The minimum absolute atomic E-state index is 0.0721. The lowest BCUT2D eigenvalue weighted by molar-refractivity contribution is -0.134. The summed E-state index contributed by atoms with van der Waals surface area (Å²) in [5, 5.41) is 13.3. The molecule has 2 amide bonds. The molecule has 1 aromatic heterocycles. The van der Waals surface area contributed by atoms with Crippen molar-refractivity contribution in [3.63, 3.8) is 0 Å². The Morgan fingerprint density at radius 3 is 2.58 bits per heavy atom. The van der Waals surface area contributed by atoms with Gasteiger partial charge in [-0.05, 0) is 69.4 Å². The minimum atomic E-state index is -0.782. The first-order valence-electron chi connectivity index (χ1n) is 13.8. The Kier molecular flexibility index (Phi) is 8.92. The summed E-state index contributed by atoms with van der Waals surface area (Å²) in [5.41, 5.74) is 9.31. The van der Waals surface area contributed by atoms with Crippen LogP contribution in [0.15, 0.2) is 54.6 Å². The maximum Gasteiger partial charge on any atom is 0.408 e. The number of piperidine rings is 1. The molecule has 0 aliphatic carbocycles. The number of nitrogens with one attached hydrogen (secondary N) is 1. The molecule has 1 saturated heterocycles. The number of anilines is 1. The Labute approximate surface area is 235 Å². The van der Waals surface area contributed by atoms with Gasteiger partial charge in [-0.25, -0.2) is 14.8 Å². The van der Waals surface area contributed by atoms with E-state index in [0.29, 0.717) is 30.8 Å². The van der Waals surface area contributed by atoms with Crippen molar-refractivity contribution in [3.8, 4) is 17.0 Å². The Morgan fingerprint density at radius 2 is 1.88 bits per heavy atom. The number of phenols is 1. The van der Waals surface area contributed by atoms with Crippen molar-refractivity contribution >= 4 is 17.9 Å². The quantitative estimate of drug-likeness (QED) is 0.387. The summed E-state index contributed by atoms with van der Waals surface area (Å²) in [5.74, 6) is -0.00317. The number of nitrogens with two attached hydrogens (primary N) is 1. The van der Waals surface area contributed by atoms with Crippen molar-refractivity contribution in [1.29, 1.82) is 0 Å². The van der Waals surface area contributed by atoms with Crippen molar-refractivity contribution in [2.75, 3.05) is 18.8 Å². The van der Waals surface area contributed by atoms with Crippen molar-refractivity contribution < 1.29 is 19.4 Å². The second-order valence-electron chi connectivity index (χ2n) is 11.3. The molecule has 3 aromatic rings. The van der Waals surface area contributed by atoms with E-state index < -0.39 is 17.7 Å². The third kappa shape index (κ3) is 7.49. The van der Waals surface area contributed by atoms with E-state index in [2.05, 4.69) is 15.3 Å². The molecule has 212 valence electrons. The number of likely N-dealkylation sites (tertiary alicyclic amines) is 1. The molecule has 0 spiro atoms. The van der Waals surface area contributed by atoms with Gasteiger partial charge in [-0.15, -0.1) is 0 Å². The van der Waals surface area contributed by atoms with Gasteiger partial charge in [-0.1, -0.05) is 43.3 Å². The molecule has 2 aromatic carbocycles. The fourth-order valence-electron chi connectivity index (χ4n) is 4.98. The molecule has 1 aliphatic rings. The van der Waals surface area contributed by atoms with Gasteiger partial charge in [0.25, 0.3) is 0 Å². The van der Waals surface area contributed by atoms with Gasteiger partial charge in [0, 0.05) is 31.0 Å². The molecule has 9 nitrogen and oxygen atoms in total. The number of amides is 2. The number of hydrogen-bond acceptors (Lipinski definition) is 7. The van der Waals surface area contributed by atoms with Crippen molar-refractivity contribution in [2.45, 2.75) is 70.9 Å². The largest absolute Gasteiger partial charge is 0.507 e. The summed E-state index contributed by atoms with van der Waals surface area (Å²) in [6.07, 6.45) is 2.14. The summed E-state index contributed by atoms with van der Waals surface area (Å²) in [7, 11) is 0. The summed E-state index contributed by atoms with van der Waals surface area (Å²) >= 11 is 0. The smallest absolute Gasteiger partial charge is 0.408 e. The monoisotopic (exact) mass is 545 g/mol. The number of aromatic nitrogens is 2. The van der Waals surface area contributed by atoms with Crippen LogP contribution in [0.4, 0.5) is 10.7 Å². The van der Waals surface area contributed by atoms with E-state index in [4.69, 9.17) is 10.5 Å². The fraction of sp³-hybridized carbons (Fsp3) is 0.419. The molecule has 1 unspecified atom stereocenters. The molecule has 9 heteroatoms. The zero-order valence-corrected chi connectivity index (χ0v) is 23.7. The molecule has 0 saturated carbocycles. The predicted molar refractivity (Wildman–Crippen MR) is 155 cm³/mol. The molecule has 2 heterocycles. The summed E-state index contributed by atoms with van der Waals surface area (Å²) in [6.45, 7) is 8.41. The Morgan fingerprint density at radius 1 is 1.12 bits per heavy atom. The van der Waals surface area contributed by atoms with E-state index in [-0.39, 0.29) is 23.5 Å². The molecular weight excluding hydrogens is 506 g/mol. The van der Waals surface area contributed by atoms with Gasteiger partial charge in [-0.3, -0.25) is 4.79 Å². The van der Waals surface area contributed by atoms with Crippen LogP contribution in [-0.2, 0) is 22.4 Å². The number of nitrogens with zero attached hydrogens (tertiary/aromatic N) is 3. The predicted octanol–water partition coefficient (Wildman–Crippen LogP) is 4.84. The number of aromatic hydroxyl groups is 1. The SMILES string of the molecule is CCc1ccc(O)c(-c2cc(C3CCCN(C(=O)[C@@H](Cc4ccccc4)NC(=O)OC(C)(C)C)C3)nc(N)n2)c1. The number of benzene rings is 2. The molecule has 0 bridgehead atoms. The molecule has 1 aliphatic heterocycles. The van der Waals surface area contributed by atoms with Gasteiger partial charge in [0.2, 0.25) is 11.9 Å².